The smallest absolute Gasteiger partial charge is 0.0594 e. The van der Waals surface area contributed by atoms with Crippen LogP contribution >= 0.6 is 0 Å². The minimum absolute atomic E-state index is 0.241. The van der Waals surface area contributed by atoms with Crippen LogP contribution in [0.4, 0.5) is 0 Å². The average Bonchev–Trinajstić information content (AvgIpc) is 2.17. The van der Waals surface area contributed by atoms with Gasteiger partial charge in [0.2, 0.25) is 0 Å². The molecule has 1 unspecified atom stereocenters. The van der Waals surface area contributed by atoms with Crippen molar-refractivity contribution in [3.05, 3.63) is 0 Å². The van der Waals surface area contributed by atoms with E-state index >= 15 is 0 Å². The van der Waals surface area contributed by atoms with Crippen LogP contribution in [0.15, 0.2) is 0 Å². The summed E-state index contributed by atoms with van der Waals surface area (Å²) in [5.41, 5.74) is 0.241. The van der Waals surface area contributed by atoms with Gasteiger partial charge < -0.3 is 10.1 Å². The monoisotopic (exact) mass is 214 g/mol. The van der Waals surface area contributed by atoms with Gasteiger partial charge in [0.05, 0.1) is 13.2 Å². The second-order valence-electron chi connectivity index (χ2n) is 5.46. The van der Waals surface area contributed by atoms with Crippen LogP contribution in [0.5, 0.6) is 0 Å². The molecule has 1 fully saturated rings. The van der Waals surface area contributed by atoms with Gasteiger partial charge in [-0.1, -0.05) is 0 Å². The van der Waals surface area contributed by atoms with Crippen molar-refractivity contribution >= 4 is 0 Å². The van der Waals surface area contributed by atoms with Gasteiger partial charge >= 0.3 is 0 Å². The molecule has 0 aromatic rings. The quantitative estimate of drug-likeness (QED) is 0.767. The summed E-state index contributed by atoms with van der Waals surface area (Å²) < 4.78 is 5.35. The largest absolute Gasteiger partial charge is 0.379 e. The normalized spacial score (nSPS) is 21.6. The lowest BCUT2D eigenvalue weighted by molar-refractivity contribution is 0.0184. The number of hydrogen-bond acceptors (Lipinski definition) is 3. The molecule has 1 N–H and O–H groups in total. The minimum Gasteiger partial charge on any atom is -0.379 e. The van der Waals surface area contributed by atoms with E-state index in [1.165, 1.54) is 6.42 Å². The van der Waals surface area contributed by atoms with Crippen LogP contribution in [0.25, 0.3) is 0 Å². The molecule has 0 aromatic heterocycles. The Morgan fingerprint density at radius 3 is 2.40 bits per heavy atom. The summed E-state index contributed by atoms with van der Waals surface area (Å²) in [6.45, 7) is 14.0. The van der Waals surface area contributed by atoms with Gasteiger partial charge in [0.1, 0.15) is 0 Å². The van der Waals surface area contributed by atoms with E-state index in [0.29, 0.717) is 6.04 Å². The van der Waals surface area contributed by atoms with Crippen LogP contribution in [0, 0.1) is 0 Å². The Kier molecular flexibility index (Phi) is 5.03. The molecule has 3 heteroatoms. The van der Waals surface area contributed by atoms with Crippen molar-refractivity contribution in [3.63, 3.8) is 0 Å². The molecule has 1 saturated heterocycles. The van der Waals surface area contributed by atoms with Gasteiger partial charge in [0, 0.05) is 24.7 Å². The first-order valence-corrected chi connectivity index (χ1v) is 6.06. The predicted octanol–water partition coefficient (Wildman–Crippen LogP) is 1.49. The SMILES string of the molecule is CC(CCNC(C)(C)C)N1CCOCC1. The lowest BCUT2D eigenvalue weighted by Gasteiger charge is -2.33. The molecule has 3 nitrogen and oxygen atoms in total. The molecule has 1 heterocycles. The first-order chi connectivity index (χ1) is 6.99. The van der Waals surface area contributed by atoms with Crippen LogP contribution in [-0.2, 0) is 4.74 Å². The lowest BCUT2D eigenvalue weighted by atomic mass is 10.1. The predicted molar refractivity (Wildman–Crippen MR) is 64.2 cm³/mol. The van der Waals surface area contributed by atoms with E-state index in [1.54, 1.807) is 0 Å². The van der Waals surface area contributed by atoms with Crippen molar-refractivity contribution in [1.82, 2.24) is 10.2 Å². The van der Waals surface area contributed by atoms with E-state index in [9.17, 15) is 0 Å². The highest BCUT2D eigenvalue weighted by Gasteiger charge is 2.17. The third kappa shape index (κ3) is 5.50. The van der Waals surface area contributed by atoms with Gasteiger partial charge in [-0.3, -0.25) is 4.90 Å². The van der Waals surface area contributed by atoms with Crippen LogP contribution < -0.4 is 5.32 Å². The summed E-state index contributed by atoms with van der Waals surface area (Å²) in [6.07, 6.45) is 1.22. The molecular weight excluding hydrogens is 188 g/mol. The number of ether oxygens (including phenoxy) is 1. The molecule has 1 aliphatic rings. The maximum absolute atomic E-state index is 5.35. The first-order valence-electron chi connectivity index (χ1n) is 6.06. The Bertz CT molecular complexity index is 171. The van der Waals surface area contributed by atoms with E-state index in [2.05, 4.69) is 37.9 Å². The van der Waals surface area contributed by atoms with Crippen molar-refractivity contribution in [2.75, 3.05) is 32.8 Å². The van der Waals surface area contributed by atoms with E-state index in [0.717, 1.165) is 32.8 Å². The summed E-state index contributed by atoms with van der Waals surface area (Å²) >= 11 is 0. The maximum Gasteiger partial charge on any atom is 0.0594 e. The van der Waals surface area contributed by atoms with E-state index in [4.69, 9.17) is 4.74 Å². The van der Waals surface area contributed by atoms with Crippen molar-refractivity contribution in [2.45, 2.75) is 45.7 Å². The highest BCUT2D eigenvalue weighted by molar-refractivity contribution is 4.74. The third-order valence-corrected chi connectivity index (χ3v) is 2.89. The van der Waals surface area contributed by atoms with E-state index in [1.807, 2.05) is 0 Å². The Morgan fingerprint density at radius 1 is 1.27 bits per heavy atom. The summed E-state index contributed by atoms with van der Waals surface area (Å²) in [4.78, 5) is 2.52. The number of rotatable bonds is 4. The van der Waals surface area contributed by atoms with E-state index in [-0.39, 0.29) is 5.54 Å². The van der Waals surface area contributed by atoms with Crippen LogP contribution in [0.1, 0.15) is 34.1 Å². The Labute approximate surface area is 94.2 Å². The number of nitrogens with zero attached hydrogens (tertiary/aromatic N) is 1. The van der Waals surface area contributed by atoms with Gasteiger partial charge in [0.25, 0.3) is 0 Å². The topological polar surface area (TPSA) is 24.5 Å². The van der Waals surface area contributed by atoms with E-state index < -0.39 is 0 Å². The van der Waals surface area contributed by atoms with Crippen LogP contribution in [0.2, 0.25) is 0 Å². The third-order valence-electron chi connectivity index (χ3n) is 2.89. The fourth-order valence-corrected chi connectivity index (χ4v) is 1.86. The fraction of sp³-hybridized carbons (Fsp3) is 1.00. The standard InChI is InChI=1S/C12H26N2O/c1-11(5-6-13-12(2,3)4)14-7-9-15-10-8-14/h11,13H,5-10H2,1-4H3. The second kappa shape index (κ2) is 5.83. The molecule has 1 rings (SSSR count). The van der Waals surface area contributed by atoms with Crippen molar-refractivity contribution in [1.29, 1.82) is 0 Å². The molecule has 1 aliphatic heterocycles. The Hall–Kier alpha value is -0.120. The molecule has 0 saturated carbocycles. The summed E-state index contributed by atoms with van der Waals surface area (Å²) in [5.74, 6) is 0. The Morgan fingerprint density at radius 2 is 1.87 bits per heavy atom. The summed E-state index contributed by atoms with van der Waals surface area (Å²) in [6, 6.07) is 0.670. The number of nitrogens with one attached hydrogen (secondary N) is 1. The van der Waals surface area contributed by atoms with Gasteiger partial charge in [-0.05, 0) is 40.7 Å². The van der Waals surface area contributed by atoms with Crippen LogP contribution in [-0.4, -0.2) is 49.3 Å². The first kappa shape index (κ1) is 12.9. The van der Waals surface area contributed by atoms with Crippen molar-refractivity contribution in [2.24, 2.45) is 0 Å². The summed E-state index contributed by atoms with van der Waals surface area (Å²) in [7, 11) is 0. The van der Waals surface area contributed by atoms with Gasteiger partial charge in [-0.2, -0.15) is 0 Å². The van der Waals surface area contributed by atoms with Gasteiger partial charge in [-0.25, -0.2) is 0 Å². The van der Waals surface area contributed by atoms with Crippen molar-refractivity contribution < 1.29 is 4.74 Å². The number of hydrogen-bond donors (Lipinski definition) is 1. The zero-order chi connectivity index (χ0) is 11.3. The molecule has 0 bridgehead atoms. The molecular formula is C12H26N2O. The highest BCUT2D eigenvalue weighted by Crippen LogP contribution is 2.07. The van der Waals surface area contributed by atoms with Crippen molar-refractivity contribution in [3.8, 4) is 0 Å². The Balaban J connectivity index is 2.14. The second-order valence-corrected chi connectivity index (χ2v) is 5.46. The highest BCUT2D eigenvalue weighted by atomic mass is 16.5. The number of morpholine rings is 1. The molecule has 15 heavy (non-hydrogen) atoms. The fourth-order valence-electron chi connectivity index (χ4n) is 1.86. The van der Waals surface area contributed by atoms with Crippen LogP contribution in [0.3, 0.4) is 0 Å². The molecule has 90 valence electrons. The average molecular weight is 214 g/mol. The molecule has 1 atom stereocenters. The molecule has 0 aliphatic carbocycles. The molecule has 0 spiro atoms. The van der Waals surface area contributed by atoms with Gasteiger partial charge in [-0.15, -0.1) is 0 Å². The maximum atomic E-state index is 5.35. The van der Waals surface area contributed by atoms with Gasteiger partial charge in [0.15, 0.2) is 0 Å². The lowest BCUT2D eigenvalue weighted by Crippen LogP contribution is -2.44. The zero-order valence-electron chi connectivity index (χ0n) is 10.7. The molecule has 0 aromatic carbocycles. The zero-order valence-corrected chi connectivity index (χ0v) is 10.7. The molecule has 0 radical (unpaired) electrons. The summed E-state index contributed by atoms with van der Waals surface area (Å²) in [5, 5.41) is 3.53. The molecule has 0 amide bonds. The minimum atomic E-state index is 0.241.